The molecule has 0 aliphatic carbocycles. The molecule has 0 amide bonds. The van der Waals surface area contributed by atoms with E-state index in [1.807, 2.05) is 0 Å². The third-order valence-corrected chi connectivity index (χ3v) is 6.19. The maximum Gasteiger partial charge on any atom is 0.187 e. The van der Waals surface area contributed by atoms with Crippen LogP contribution < -0.4 is 5.32 Å². The fourth-order valence-corrected chi connectivity index (χ4v) is 4.08. The van der Waals surface area contributed by atoms with Gasteiger partial charge < -0.3 is 55.3 Å². The highest BCUT2D eigenvalue weighted by Crippen LogP contribution is 2.32. The second-order valence-corrected chi connectivity index (χ2v) is 8.71. The Hall–Kier alpha value is -2.31. The van der Waals surface area contributed by atoms with Gasteiger partial charge in [0.15, 0.2) is 29.5 Å². The zero-order valence-electron chi connectivity index (χ0n) is 19.4. The molecule has 200 valence electrons. The largest absolute Gasteiger partial charge is 0.394 e. The van der Waals surface area contributed by atoms with Crippen molar-refractivity contribution in [1.29, 1.82) is 0 Å². The Morgan fingerprint density at radius 1 is 0.972 bits per heavy atom. The number of ether oxygens (including phenoxy) is 3. The lowest BCUT2D eigenvalue weighted by molar-refractivity contribution is -0.299. The molecule has 2 aromatic rings. The van der Waals surface area contributed by atoms with Crippen LogP contribution in [0.5, 0.6) is 0 Å². The molecular formula is C21H31N5O10. The maximum absolute atomic E-state index is 10.3. The van der Waals surface area contributed by atoms with Crippen molar-refractivity contribution in [2.24, 2.45) is 0 Å². The van der Waals surface area contributed by atoms with Gasteiger partial charge in [0.05, 0.1) is 26.1 Å². The SMILES string of the molecule is C/C(=C\CNc1ncnc2c1ncn2[C@@H]1OC(CO)[C@H](O)[C@@H]1O)COC1O[C@@H](CO)[C@H](O)[C@@H](O)[C@H]1O. The van der Waals surface area contributed by atoms with Gasteiger partial charge >= 0.3 is 0 Å². The Morgan fingerprint density at radius 3 is 2.36 bits per heavy atom. The van der Waals surface area contributed by atoms with Crippen LogP contribution in [0.4, 0.5) is 5.82 Å². The normalized spacial score (nSPS) is 35.4. The molecule has 2 saturated heterocycles. The first kappa shape index (κ1) is 26.7. The molecule has 0 bridgehead atoms. The van der Waals surface area contributed by atoms with Gasteiger partial charge in [0, 0.05) is 6.54 Å². The molecule has 0 spiro atoms. The second-order valence-electron chi connectivity index (χ2n) is 8.71. The quantitative estimate of drug-likeness (QED) is 0.153. The van der Waals surface area contributed by atoms with Crippen molar-refractivity contribution in [3.8, 4) is 0 Å². The number of nitrogens with zero attached hydrogens (tertiary/aromatic N) is 4. The molecule has 9 atom stereocenters. The van der Waals surface area contributed by atoms with E-state index in [0.717, 1.165) is 5.57 Å². The highest BCUT2D eigenvalue weighted by atomic mass is 16.7. The van der Waals surface area contributed by atoms with Gasteiger partial charge in [0.25, 0.3) is 0 Å². The summed E-state index contributed by atoms with van der Waals surface area (Å²) in [5.41, 5.74) is 1.51. The molecule has 2 aliphatic rings. The zero-order valence-corrected chi connectivity index (χ0v) is 19.4. The Morgan fingerprint density at radius 2 is 1.67 bits per heavy atom. The lowest BCUT2D eigenvalue weighted by atomic mass is 9.99. The summed E-state index contributed by atoms with van der Waals surface area (Å²) in [5.74, 6) is 0.407. The maximum atomic E-state index is 10.3. The molecule has 2 aliphatic heterocycles. The van der Waals surface area contributed by atoms with Gasteiger partial charge in [-0.15, -0.1) is 0 Å². The van der Waals surface area contributed by atoms with Crippen molar-refractivity contribution in [3.05, 3.63) is 24.3 Å². The summed E-state index contributed by atoms with van der Waals surface area (Å²) >= 11 is 0. The standard InChI is InChI=1S/C21H31N5O10/c1-9(6-34-21-17(33)15(31)13(29)11(5-28)36-21)2-3-22-18-12-19(24-7-23-18)26(8-25-12)20-16(32)14(30)10(4-27)35-20/h2,7-8,10-11,13-17,20-21,27-33H,3-6H2,1H3,(H,22,23,24)/b9-2+/t10?,11-,13-,14-,15+,16-,17+,20+,21?/m0/s1. The van der Waals surface area contributed by atoms with E-state index in [0.29, 0.717) is 23.5 Å². The number of hydrogen-bond acceptors (Lipinski definition) is 14. The minimum atomic E-state index is -1.51. The van der Waals surface area contributed by atoms with Crippen LogP contribution in [0.25, 0.3) is 11.2 Å². The number of imidazole rings is 1. The lowest BCUT2D eigenvalue weighted by Gasteiger charge is -2.39. The van der Waals surface area contributed by atoms with Crippen LogP contribution in [0.15, 0.2) is 24.3 Å². The van der Waals surface area contributed by atoms with Crippen LogP contribution in [0.1, 0.15) is 13.2 Å². The van der Waals surface area contributed by atoms with E-state index in [9.17, 15) is 35.7 Å². The first-order valence-corrected chi connectivity index (χ1v) is 11.4. The summed E-state index contributed by atoms with van der Waals surface area (Å²) in [4.78, 5) is 12.7. The second kappa shape index (κ2) is 11.4. The number of aliphatic hydroxyl groups excluding tert-OH is 7. The summed E-state index contributed by atoms with van der Waals surface area (Å²) in [6.45, 7) is 1.15. The minimum absolute atomic E-state index is 0.0451. The smallest absolute Gasteiger partial charge is 0.187 e. The molecule has 4 rings (SSSR count). The van der Waals surface area contributed by atoms with Crippen molar-refractivity contribution in [1.82, 2.24) is 19.5 Å². The molecule has 2 aromatic heterocycles. The number of anilines is 1. The Kier molecular flexibility index (Phi) is 8.46. The van der Waals surface area contributed by atoms with E-state index < -0.39 is 68.5 Å². The van der Waals surface area contributed by atoms with Crippen molar-refractivity contribution in [2.45, 2.75) is 62.2 Å². The number of aromatic nitrogens is 4. The Labute approximate surface area is 205 Å². The number of hydrogen-bond donors (Lipinski definition) is 8. The fraction of sp³-hybridized carbons (Fsp3) is 0.667. The number of aliphatic hydroxyl groups is 7. The Bertz CT molecular complexity index is 1050. The van der Waals surface area contributed by atoms with Crippen LogP contribution in [0, 0.1) is 0 Å². The topological polar surface area (TPSA) is 225 Å². The molecule has 2 unspecified atom stereocenters. The van der Waals surface area contributed by atoms with Crippen molar-refractivity contribution >= 4 is 17.0 Å². The molecule has 15 heteroatoms. The van der Waals surface area contributed by atoms with Crippen molar-refractivity contribution < 1.29 is 50.0 Å². The highest BCUT2D eigenvalue weighted by molar-refractivity contribution is 5.82. The number of nitrogens with one attached hydrogen (secondary N) is 1. The van der Waals surface area contributed by atoms with Gasteiger partial charge in [0.2, 0.25) is 0 Å². The fourth-order valence-electron chi connectivity index (χ4n) is 4.08. The van der Waals surface area contributed by atoms with Crippen molar-refractivity contribution in [2.75, 3.05) is 31.7 Å². The van der Waals surface area contributed by atoms with E-state index in [1.165, 1.54) is 17.2 Å². The van der Waals surface area contributed by atoms with E-state index in [4.69, 9.17) is 14.2 Å². The average molecular weight is 514 g/mol. The molecule has 2 fully saturated rings. The van der Waals surface area contributed by atoms with Crippen LogP contribution in [-0.2, 0) is 14.2 Å². The van der Waals surface area contributed by atoms with Crippen LogP contribution >= 0.6 is 0 Å². The van der Waals surface area contributed by atoms with Crippen LogP contribution in [-0.4, -0.2) is 131 Å². The molecule has 15 nitrogen and oxygen atoms in total. The van der Waals surface area contributed by atoms with Gasteiger partial charge in [-0.2, -0.15) is 0 Å². The number of rotatable bonds is 9. The van der Waals surface area contributed by atoms with E-state index in [2.05, 4.69) is 20.3 Å². The van der Waals surface area contributed by atoms with Gasteiger partial charge in [-0.3, -0.25) is 4.57 Å². The number of fused-ring (bicyclic) bond motifs is 1. The third kappa shape index (κ3) is 5.21. The van der Waals surface area contributed by atoms with Gasteiger partial charge in [-0.25, -0.2) is 15.0 Å². The van der Waals surface area contributed by atoms with E-state index in [-0.39, 0.29) is 6.61 Å². The summed E-state index contributed by atoms with van der Waals surface area (Å²) in [6, 6.07) is 0. The molecule has 0 saturated carbocycles. The summed E-state index contributed by atoms with van der Waals surface area (Å²) < 4.78 is 17.8. The molecule has 0 aromatic carbocycles. The van der Waals surface area contributed by atoms with Gasteiger partial charge in [-0.05, 0) is 12.5 Å². The van der Waals surface area contributed by atoms with Gasteiger partial charge in [-0.1, -0.05) is 6.08 Å². The molecule has 36 heavy (non-hydrogen) atoms. The summed E-state index contributed by atoms with van der Waals surface area (Å²) in [6.07, 6.45) is -6.66. The molecule has 8 N–H and O–H groups in total. The minimum Gasteiger partial charge on any atom is -0.394 e. The van der Waals surface area contributed by atoms with Gasteiger partial charge in [0.1, 0.15) is 49.1 Å². The summed E-state index contributed by atoms with van der Waals surface area (Å²) in [5, 5.41) is 71.7. The highest BCUT2D eigenvalue weighted by Gasteiger charge is 2.45. The summed E-state index contributed by atoms with van der Waals surface area (Å²) in [7, 11) is 0. The van der Waals surface area contributed by atoms with Crippen LogP contribution in [0.2, 0.25) is 0 Å². The first-order chi connectivity index (χ1) is 17.3. The molecular weight excluding hydrogens is 482 g/mol. The monoisotopic (exact) mass is 513 g/mol. The average Bonchev–Trinajstić information content (AvgIpc) is 3.43. The zero-order chi connectivity index (χ0) is 26.0. The van der Waals surface area contributed by atoms with E-state index >= 15 is 0 Å². The first-order valence-electron chi connectivity index (χ1n) is 11.4. The predicted molar refractivity (Wildman–Crippen MR) is 120 cm³/mol. The van der Waals surface area contributed by atoms with Crippen molar-refractivity contribution in [3.63, 3.8) is 0 Å². The third-order valence-electron chi connectivity index (χ3n) is 6.19. The Balaban J connectivity index is 1.36. The molecule has 4 heterocycles. The molecule has 0 radical (unpaired) electrons. The van der Waals surface area contributed by atoms with Crippen LogP contribution in [0.3, 0.4) is 0 Å². The van der Waals surface area contributed by atoms with E-state index in [1.54, 1.807) is 13.0 Å². The predicted octanol–water partition coefficient (Wildman–Crippen LogP) is -3.39. The lowest BCUT2D eigenvalue weighted by Crippen LogP contribution is -2.59.